The Labute approximate surface area is 137 Å². The molecular weight excluding hydrogens is 326 g/mol. The van der Waals surface area contributed by atoms with E-state index in [-0.39, 0.29) is 28.5 Å². The lowest BCUT2D eigenvalue weighted by atomic mass is 10.1. The van der Waals surface area contributed by atoms with Crippen LogP contribution in [-0.4, -0.2) is 42.5 Å². The zero-order valence-electron chi connectivity index (χ0n) is 12.9. The zero-order chi connectivity index (χ0) is 16.8. The molecule has 0 bridgehead atoms. The molecule has 5 nitrogen and oxygen atoms in total. The molecule has 1 fully saturated rings. The van der Waals surface area contributed by atoms with Gasteiger partial charge in [0.15, 0.2) is 0 Å². The Morgan fingerprint density at radius 2 is 2.30 bits per heavy atom. The molecule has 0 saturated carbocycles. The first-order valence-electron chi connectivity index (χ1n) is 7.62. The van der Waals surface area contributed by atoms with Gasteiger partial charge in [0, 0.05) is 25.6 Å². The first kappa shape index (κ1) is 17.7. The zero-order valence-corrected chi connectivity index (χ0v) is 13.7. The largest absolute Gasteiger partial charge is 0.433 e. The van der Waals surface area contributed by atoms with E-state index < -0.39 is 6.61 Å². The molecule has 1 aromatic heterocycles. The van der Waals surface area contributed by atoms with E-state index in [0.29, 0.717) is 19.5 Å². The highest BCUT2D eigenvalue weighted by Crippen LogP contribution is 2.28. The van der Waals surface area contributed by atoms with Gasteiger partial charge in [-0.15, -0.1) is 11.3 Å². The molecular formula is C15H20F2N2O3S. The predicted octanol–water partition coefficient (Wildman–Crippen LogP) is 2.87. The second-order valence-electron chi connectivity index (χ2n) is 5.40. The van der Waals surface area contributed by atoms with Gasteiger partial charge >= 0.3 is 6.61 Å². The van der Waals surface area contributed by atoms with E-state index >= 15 is 0 Å². The summed E-state index contributed by atoms with van der Waals surface area (Å²) in [5.41, 5.74) is 0. The van der Waals surface area contributed by atoms with Gasteiger partial charge in [0.05, 0.1) is 0 Å². The van der Waals surface area contributed by atoms with Crippen LogP contribution >= 0.6 is 11.3 Å². The van der Waals surface area contributed by atoms with E-state index in [1.807, 2.05) is 6.92 Å². The molecule has 2 rings (SSSR count). The summed E-state index contributed by atoms with van der Waals surface area (Å²) in [6.07, 6.45) is 2.80. The monoisotopic (exact) mass is 346 g/mol. The van der Waals surface area contributed by atoms with Crippen molar-refractivity contribution in [2.75, 3.05) is 13.1 Å². The highest BCUT2D eigenvalue weighted by molar-refractivity contribution is 7.12. The summed E-state index contributed by atoms with van der Waals surface area (Å²) in [5, 5.41) is 4.47. The van der Waals surface area contributed by atoms with Crippen molar-refractivity contribution in [1.82, 2.24) is 10.2 Å². The number of carbonyl (C=O) groups is 2. The molecule has 128 valence electrons. The summed E-state index contributed by atoms with van der Waals surface area (Å²) in [7, 11) is 0. The van der Waals surface area contributed by atoms with Gasteiger partial charge < -0.3 is 15.0 Å². The van der Waals surface area contributed by atoms with Gasteiger partial charge in [-0.2, -0.15) is 8.78 Å². The van der Waals surface area contributed by atoms with E-state index in [0.717, 1.165) is 30.6 Å². The normalized spacial score (nSPS) is 18.1. The van der Waals surface area contributed by atoms with Crippen molar-refractivity contribution in [1.29, 1.82) is 0 Å². The minimum Gasteiger partial charge on any atom is -0.433 e. The third-order valence-electron chi connectivity index (χ3n) is 3.59. The van der Waals surface area contributed by atoms with Crippen molar-refractivity contribution in [3.05, 3.63) is 16.3 Å². The number of ether oxygens (including phenoxy) is 1. The number of carbonyl (C=O) groups excluding carboxylic acids is 2. The molecule has 8 heteroatoms. The molecule has 1 aliphatic rings. The summed E-state index contributed by atoms with van der Waals surface area (Å²) >= 11 is 1.08. The van der Waals surface area contributed by atoms with Crippen molar-refractivity contribution < 1.29 is 23.1 Å². The van der Waals surface area contributed by atoms with Crippen molar-refractivity contribution in [3.63, 3.8) is 0 Å². The number of hydrogen-bond acceptors (Lipinski definition) is 4. The van der Waals surface area contributed by atoms with Crippen LogP contribution in [0.2, 0.25) is 0 Å². The fraction of sp³-hybridized carbons (Fsp3) is 0.600. The lowest BCUT2D eigenvalue weighted by molar-refractivity contribution is -0.122. The quantitative estimate of drug-likeness (QED) is 0.862. The van der Waals surface area contributed by atoms with Crippen molar-refractivity contribution in [2.45, 2.75) is 45.3 Å². The molecule has 1 saturated heterocycles. The molecule has 2 amide bonds. The number of likely N-dealkylation sites (tertiary alicyclic amines) is 1. The molecule has 1 aliphatic heterocycles. The number of hydrogen-bond donors (Lipinski definition) is 1. The van der Waals surface area contributed by atoms with Crippen LogP contribution in [-0.2, 0) is 4.79 Å². The molecule has 2 heterocycles. The Kier molecular flexibility index (Phi) is 6.32. The molecule has 1 N–H and O–H groups in total. The minimum absolute atomic E-state index is 0.0235. The van der Waals surface area contributed by atoms with Crippen LogP contribution < -0.4 is 10.1 Å². The summed E-state index contributed by atoms with van der Waals surface area (Å²) in [5.74, 6) is -0.443. The SMILES string of the molecule is CCCC(=O)NC1CCCN(C(=O)c2sccc2OC(F)F)C1. The summed E-state index contributed by atoms with van der Waals surface area (Å²) in [6.45, 7) is -0.0956. The number of halogens is 2. The first-order chi connectivity index (χ1) is 11.0. The van der Waals surface area contributed by atoms with Crippen molar-refractivity contribution in [2.24, 2.45) is 0 Å². The molecule has 0 radical (unpaired) electrons. The van der Waals surface area contributed by atoms with Gasteiger partial charge in [-0.25, -0.2) is 0 Å². The van der Waals surface area contributed by atoms with E-state index in [4.69, 9.17) is 0 Å². The molecule has 1 unspecified atom stereocenters. The second kappa shape index (κ2) is 8.24. The number of rotatable bonds is 6. The van der Waals surface area contributed by atoms with Gasteiger partial charge in [0.1, 0.15) is 10.6 Å². The maximum absolute atomic E-state index is 12.5. The van der Waals surface area contributed by atoms with Crippen LogP contribution in [0.1, 0.15) is 42.3 Å². The highest BCUT2D eigenvalue weighted by Gasteiger charge is 2.28. The predicted molar refractivity (Wildman–Crippen MR) is 82.9 cm³/mol. The number of thiophene rings is 1. The number of piperidine rings is 1. The van der Waals surface area contributed by atoms with E-state index in [9.17, 15) is 18.4 Å². The fourth-order valence-electron chi connectivity index (χ4n) is 2.59. The third-order valence-corrected chi connectivity index (χ3v) is 4.47. The lowest BCUT2D eigenvalue weighted by Crippen LogP contribution is -2.49. The van der Waals surface area contributed by atoms with Gasteiger partial charge in [-0.05, 0) is 30.7 Å². The number of amides is 2. The maximum Gasteiger partial charge on any atom is 0.387 e. The molecule has 0 aliphatic carbocycles. The Morgan fingerprint density at radius 3 is 3.00 bits per heavy atom. The highest BCUT2D eigenvalue weighted by atomic mass is 32.1. The van der Waals surface area contributed by atoms with Gasteiger partial charge in [-0.1, -0.05) is 6.92 Å². The molecule has 0 spiro atoms. The topological polar surface area (TPSA) is 58.6 Å². The second-order valence-corrected chi connectivity index (χ2v) is 6.32. The molecule has 23 heavy (non-hydrogen) atoms. The summed E-state index contributed by atoms with van der Waals surface area (Å²) < 4.78 is 29.1. The average molecular weight is 346 g/mol. The fourth-order valence-corrected chi connectivity index (χ4v) is 3.38. The van der Waals surface area contributed by atoms with Crippen LogP contribution in [0.15, 0.2) is 11.4 Å². The van der Waals surface area contributed by atoms with Crippen molar-refractivity contribution in [3.8, 4) is 5.75 Å². The number of alkyl halides is 2. The standard InChI is InChI=1S/C15H20F2N2O3S/c1-2-4-12(20)18-10-5-3-7-19(9-10)14(21)13-11(6-8-23-13)22-15(16)17/h6,8,10,15H,2-5,7,9H2,1H3,(H,18,20). The maximum atomic E-state index is 12.5. The molecule has 0 aromatic carbocycles. The average Bonchev–Trinajstić information content (AvgIpc) is 2.94. The Morgan fingerprint density at radius 1 is 1.52 bits per heavy atom. The van der Waals surface area contributed by atoms with Crippen LogP contribution in [0, 0.1) is 0 Å². The molecule has 1 atom stereocenters. The van der Waals surface area contributed by atoms with Crippen LogP contribution in [0.3, 0.4) is 0 Å². The van der Waals surface area contributed by atoms with E-state index in [1.54, 1.807) is 10.3 Å². The van der Waals surface area contributed by atoms with Crippen LogP contribution in [0.5, 0.6) is 5.75 Å². The van der Waals surface area contributed by atoms with Gasteiger partial charge in [0.25, 0.3) is 5.91 Å². The van der Waals surface area contributed by atoms with Gasteiger partial charge in [0.2, 0.25) is 5.91 Å². The lowest BCUT2D eigenvalue weighted by Gasteiger charge is -2.33. The summed E-state index contributed by atoms with van der Waals surface area (Å²) in [4.78, 5) is 26.0. The smallest absolute Gasteiger partial charge is 0.387 e. The van der Waals surface area contributed by atoms with Crippen molar-refractivity contribution >= 4 is 23.2 Å². The molecule has 1 aromatic rings. The Hall–Kier alpha value is -1.70. The summed E-state index contributed by atoms with van der Waals surface area (Å²) in [6, 6.07) is 1.28. The van der Waals surface area contributed by atoms with E-state index in [1.165, 1.54) is 6.07 Å². The minimum atomic E-state index is -2.96. The van der Waals surface area contributed by atoms with Crippen LogP contribution in [0.25, 0.3) is 0 Å². The van der Waals surface area contributed by atoms with Crippen LogP contribution in [0.4, 0.5) is 8.78 Å². The van der Waals surface area contributed by atoms with E-state index in [2.05, 4.69) is 10.1 Å². The third kappa shape index (κ3) is 4.89. The van der Waals surface area contributed by atoms with Gasteiger partial charge in [-0.3, -0.25) is 9.59 Å². The Bertz CT molecular complexity index is 551. The number of nitrogens with one attached hydrogen (secondary N) is 1. The Balaban J connectivity index is 1.99. The number of nitrogens with zero attached hydrogens (tertiary/aromatic N) is 1. The first-order valence-corrected chi connectivity index (χ1v) is 8.50.